The lowest BCUT2D eigenvalue weighted by Gasteiger charge is -2.21. The number of hydrogen-bond acceptors (Lipinski definition) is 3. The average Bonchev–Trinajstić information content (AvgIpc) is 2.16. The molecule has 0 fully saturated rings. The maximum atomic E-state index is 9.27. The smallest absolute Gasteiger partial charge is 0.101 e. The van der Waals surface area contributed by atoms with Crippen molar-refractivity contribution in [3.8, 4) is 6.07 Å². The molecule has 0 aliphatic carbocycles. The summed E-state index contributed by atoms with van der Waals surface area (Å²) in [5.74, 6) is 0. The molecule has 1 atom stereocenters. The molecule has 0 radical (unpaired) electrons. The van der Waals surface area contributed by atoms with Crippen LogP contribution in [0.25, 0.3) is 0 Å². The van der Waals surface area contributed by atoms with E-state index in [4.69, 9.17) is 5.26 Å². The highest BCUT2D eigenvalue weighted by atomic mass is 79.9. The molecule has 3 nitrogen and oxygen atoms in total. The van der Waals surface area contributed by atoms with Crippen molar-refractivity contribution >= 4 is 21.6 Å². The van der Waals surface area contributed by atoms with Crippen molar-refractivity contribution in [1.29, 1.82) is 5.26 Å². The van der Waals surface area contributed by atoms with Gasteiger partial charge < -0.3 is 10.0 Å². The molecule has 0 saturated carbocycles. The summed E-state index contributed by atoms with van der Waals surface area (Å²) in [7, 11) is 1.86. The molecule has 0 aliphatic heterocycles. The summed E-state index contributed by atoms with van der Waals surface area (Å²) >= 11 is 3.32. The van der Waals surface area contributed by atoms with Gasteiger partial charge in [-0.05, 0) is 25.1 Å². The fourth-order valence-electron chi connectivity index (χ4n) is 1.43. The molecule has 4 heteroatoms. The van der Waals surface area contributed by atoms with Crippen molar-refractivity contribution in [2.24, 2.45) is 0 Å². The second-order valence-corrected chi connectivity index (χ2v) is 4.42. The van der Waals surface area contributed by atoms with Crippen LogP contribution in [0.3, 0.4) is 0 Å². The number of hydrogen-bond donors (Lipinski definition) is 1. The van der Waals surface area contributed by atoms with E-state index < -0.39 is 6.10 Å². The molecule has 0 heterocycles. The maximum absolute atomic E-state index is 9.27. The van der Waals surface area contributed by atoms with E-state index in [2.05, 4.69) is 22.0 Å². The third-order valence-corrected chi connectivity index (χ3v) is 2.52. The first-order valence-corrected chi connectivity index (χ1v) is 5.42. The first kappa shape index (κ1) is 12.0. The second kappa shape index (κ2) is 5.15. The molecule has 1 N–H and O–H groups in total. The van der Waals surface area contributed by atoms with Gasteiger partial charge in [0.15, 0.2) is 0 Å². The highest BCUT2D eigenvalue weighted by Gasteiger charge is 2.09. The third-order valence-electron chi connectivity index (χ3n) is 2.03. The minimum absolute atomic E-state index is 0.412. The number of benzene rings is 1. The Balaban J connectivity index is 2.99. The minimum atomic E-state index is -0.412. The lowest BCUT2D eigenvalue weighted by molar-refractivity contribution is 0.201. The standard InChI is InChI=1S/C11H13BrN2O/c1-8(15)7-14(2)11-4-3-10(12)5-9(11)6-13/h3-5,8,15H,7H2,1-2H3. The van der Waals surface area contributed by atoms with Crippen molar-refractivity contribution < 1.29 is 5.11 Å². The number of nitrogens with zero attached hydrogens (tertiary/aromatic N) is 2. The van der Waals surface area contributed by atoms with Crippen LogP contribution in [-0.2, 0) is 0 Å². The van der Waals surface area contributed by atoms with Crippen LogP contribution >= 0.6 is 15.9 Å². The van der Waals surface area contributed by atoms with Gasteiger partial charge in [-0.3, -0.25) is 0 Å². The zero-order chi connectivity index (χ0) is 11.4. The van der Waals surface area contributed by atoms with E-state index in [1.165, 1.54) is 0 Å². The fourth-order valence-corrected chi connectivity index (χ4v) is 1.79. The number of aliphatic hydroxyl groups is 1. The summed E-state index contributed by atoms with van der Waals surface area (Å²) in [5, 5.41) is 18.2. The van der Waals surface area contributed by atoms with E-state index in [-0.39, 0.29) is 0 Å². The summed E-state index contributed by atoms with van der Waals surface area (Å²) < 4.78 is 0.883. The Bertz CT molecular complexity index is 385. The van der Waals surface area contributed by atoms with Crippen molar-refractivity contribution in [2.45, 2.75) is 13.0 Å². The van der Waals surface area contributed by atoms with Gasteiger partial charge in [-0.25, -0.2) is 0 Å². The summed E-state index contributed by atoms with van der Waals surface area (Å²) in [6.45, 7) is 2.23. The highest BCUT2D eigenvalue weighted by molar-refractivity contribution is 9.10. The number of likely N-dealkylation sites (N-methyl/N-ethyl adjacent to an activating group) is 1. The summed E-state index contributed by atoms with van der Waals surface area (Å²) in [6, 6.07) is 7.66. The van der Waals surface area contributed by atoms with E-state index in [1.54, 1.807) is 13.0 Å². The average molecular weight is 269 g/mol. The van der Waals surface area contributed by atoms with E-state index >= 15 is 0 Å². The molecule has 0 aromatic heterocycles. The molecule has 0 amide bonds. The van der Waals surface area contributed by atoms with Crippen molar-refractivity contribution in [3.05, 3.63) is 28.2 Å². The first-order chi connectivity index (χ1) is 7.04. The van der Waals surface area contributed by atoms with Gasteiger partial charge in [0.25, 0.3) is 0 Å². The molecular weight excluding hydrogens is 256 g/mol. The quantitative estimate of drug-likeness (QED) is 0.914. The van der Waals surface area contributed by atoms with Crippen LogP contribution in [0.15, 0.2) is 22.7 Å². The van der Waals surface area contributed by atoms with Crippen LogP contribution in [0.4, 0.5) is 5.69 Å². The minimum Gasteiger partial charge on any atom is -0.392 e. The van der Waals surface area contributed by atoms with Crippen LogP contribution in [-0.4, -0.2) is 24.8 Å². The topological polar surface area (TPSA) is 47.3 Å². The molecule has 1 aromatic carbocycles. The number of anilines is 1. The summed E-state index contributed by atoms with van der Waals surface area (Å²) in [4.78, 5) is 1.87. The number of halogens is 1. The van der Waals surface area contributed by atoms with Gasteiger partial charge in [-0.1, -0.05) is 15.9 Å². The van der Waals surface area contributed by atoms with Crippen LogP contribution < -0.4 is 4.90 Å². The maximum Gasteiger partial charge on any atom is 0.101 e. The number of nitriles is 1. The van der Waals surface area contributed by atoms with Crippen molar-refractivity contribution in [2.75, 3.05) is 18.5 Å². The van der Waals surface area contributed by atoms with Gasteiger partial charge in [-0.2, -0.15) is 5.26 Å². The summed E-state index contributed by atoms with van der Waals surface area (Å²) in [6.07, 6.45) is -0.412. The Morgan fingerprint density at radius 3 is 2.80 bits per heavy atom. The molecule has 80 valence electrons. The number of aliphatic hydroxyl groups excluding tert-OH is 1. The Kier molecular flexibility index (Phi) is 4.13. The van der Waals surface area contributed by atoms with Gasteiger partial charge in [0, 0.05) is 18.1 Å². The van der Waals surface area contributed by atoms with Gasteiger partial charge in [0.05, 0.1) is 17.4 Å². The van der Waals surface area contributed by atoms with Crippen LogP contribution in [0, 0.1) is 11.3 Å². The van der Waals surface area contributed by atoms with Crippen LogP contribution in [0.1, 0.15) is 12.5 Å². The monoisotopic (exact) mass is 268 g/mol. The SMILES string of the molecule is CC(O)CN(C)c1ccc(Br)cc1C#N. The Labute approximate surface area is 98.1 Å². The van der Waals surface area contributed by atoms with Crippen molar-refractivity contribution in [1.82, 2.24) is 0 Å². The lowest BCUT2D eigenvalue weighted by Crippen LogP contribution is -2.27. The highest BCUT2D eigenvalue weighted by Crippen LogP contribution is 2.23. The Morgan fingerprint density at radius 2 is 2.27 bits per heavy atom. The molecule has 0 spiro atoms. The van der Waals surface area contributed by atoms with E-state index in [0.29, 0.717) is 12.1 Å². The molecular formula is C11H13BrN2O. The zero-order valence-corrected chi connectivity index (χ0v) is 10.3. The van der Waals surface area contributed by atoms with E-state index in [0.717, 1.165) is 10.2 Å². The molecule has 0 bridgehead atoms. The number of rotatable bonds is 3. The Morgan fingerprint density at radius 1 is 1.60 bits per heavy atom. The summed E-state index contributed by atoms with van der Waals surface area (Å²) in [5.41, 5.74) is 1.44. The van der Waals surface area contributed by atoms with Gasteiger partial charge >= 0.3 is 0 Å². The molecule has 1 aromatic rings. The third kappa shape index (κ3) is 3.22. The largest absolute Gasteiger partial charge is 0.392 e. The predicted octanol–water partition coefficient (Wildman–Crippen LogP) is 2.14. The van der Waals surface area contributed by atoms with Crippen LogP contribution in [0.2, 0.25) is 0 Å². The second-order valence-electron chi connectivity index (χ2n) is 3.50. The normalized spacial score (nSPS) is 11.9. The molecule has 0 saturated heterocycles. The van der Waals surface area contributed by atoms with Crippen molar-refractivity contribution in [3.63, 3.8) is 0 Å². The van der Waals surface area contributed by atoms with Crippen LogP contribution in [0.5, 0.6) is 0 Å². The Hall–Kier alpha value is -1.05. The molecule has 0 aliphatic rings. The van der Waals surface area contributed by atoms with Gasteiger partial charge in [0.2, 0.25) is 0 Å². The molecule has 1 rings (SSSR count). The first-order valence-electron chi connectivity index (χ1n) is 4.63. The van der Waals surface area contributed by atoms with E-state index in [1.807, 2.05) is 24.1 Å². The van der Waals surface area contributed by atoms with E-state index in [9.17, 15) is 5.11 Å². The zero-order valence-electron chi connectivity index (χ0n) is 8.74. The lowest BCUT2D eigenvalue weighted by atomic mass is 10.1. The van der Waals surface area contributed by atoms with Gasteiger partial charge in [0.1, 0.15) is 6.07 Å². The van der Waals surface area contributed by atoms with Gasteiger partial charge in [-0.15, -0.1) is 0 Å². The molecule has 1 unspecified atom stereocenters. The predicted molar refractivity (Wildman–Crippen MR) is 63.8 cm³/mol. The molecule has 15 heavy (non-hydrogen) atoms. The fraction of sp³-hybridized carbons (Fsp3) is 0.364.